The first-order chi connectivity index (χ1) is 7.95. The highest BCUT2D eigenvalue weighted by molar-refractivity contribution is 5.72. The maximum atomic E-state index is 10.8. The molecule has 0 bridgehead atoms. The Morgan fingerprint density at radius 2 is 2.00 bits per heavy atom. The van der Waals surface area contributed by atoms with Crippen molar-refractivity contribution < 1.29 is 14.6 Å². The second-order valence-corrected chi connectivity index (χ2v) is 4.13. The van der Waals surface area contributed by atoms with E-state index in [0.29, 0.717) is 11.3 Å². The van der Waals surface area contributed by atoms with Crippen LogP contribution in [0, 0.1) is 13.8 Å². The molecule has 0 aliphatic heterocycles. The Balaban J connectivity index is 2.95. The van der Waals surface area contributed by atoms with Crippen molar-refractivity contribution in [3.8, 4) is 5.75 Å². The van der Waals surface area contributed by atoms with E-state index in [4.69, 9.17) is 4.74 Å². The van der Waals surface area contributed by atoms with Gasteiger partial charge in [-0.2, -0.15) is 0 Å². The van der Waals surface area contributed by atoms with Crippen molar-refractivity contribution in [2.45, 2.75) is 26.9 Å². The third-order valence-corrected chi connectivity index (χ3v) is 2.75. The molecule has 94 valence electrons. The largest absolute Gasteiger partial charge is 0.496 e. The molecule has 1 atom stereocenters. The predicted molar refractivity (Wildman–Crippen MR) is 66.1 cm³/mol. The number of ether oxygens (including phenoxy) is 1. The maximum Gasteiger partial charge on any atom is 0.216 e. The van der Waals surface area contributed by atoms with E-state index in [1.54, 1.807) is 7.11 Å². The molecule has 0 fully saturated rings. The molecule has 0 aliphatic rings. The molecule has 1 unspecified atom stereocenters. The van der Waals surface area contributed by atoms with Crippen LogP contribution in [-0.4, -0.2) is 24.7 Å². The number of aliphatic hydroxyl groups is 1. The summed E-state index contributed by atoms with van der Waals surface area (Å²) in [6.07, 6.45) is -0.756. The molecule has 1 aromatic rings. The van der Waals surface area contributed by atoms with Gasteiger partial charge in [-0.3, -0.25) is 4.79 Å². The first-order valence-electron chi connectivity index (χ1n) is 5.53. The number of rotatable bonds is 4. The van der Waals surface area contributed by atoms with Gasteiger partial charge in [0.05, 0.1) is 13.2 Å². The molecule has 0 aromatic heterocycles. The lowest BCUT2D eigenvalue weighted by Crippen LogP contribution is -2.26. The number of nitrogens with one attached hydrogen (secondary N) is 1. The van der Waals surface area contributed by atoms with Gasteiger partial charge in [-0.15, -0.1) is 0 Å². The molecule has 4 heteroatoms. The molecule has 0 spiro atoms. The molecule has 17 heavy (non-hydrogen) atoms. The Kier molecular flexibility index (Phi) is 4.52. The van der Waals surface area contributed by atoms with Crippen molar-refractivity contribution in [2.24, 2.45) is 0 Å². The Bertz CT molecular complexity index is 415. The van der Waals surface area contributed by atoms with Crippen LogP contribution in [-0.2, 0) is 4.79 Å². The Morgan fingerprint density at radius 1 is 1.41 bits per heavy atom. The predicted octanol–water partition coefficient (Wildman–Crippen LogP) is 1.48. The van der Waals surface area contributed by atoms with Crippen LogP contribution >= 0.6 is 0 Å². The van der Waals surface area contributed by atoms with Gasteiger partial charge in [0.15, 0.2) is 0 Å². The fourth-order valence-corrected chi connectivity index (χ4v) is 1.60. The molecule has 0 radical (unpaired) electrons. The molecular formula is C13H19NO3. The van der Waals surface area contributed by atoms with Crippen LogP contribution in [0.1, 0.15) is 29.7 Å². The first kappa shape index (κ1) is 13.5. The molecule has 0 heterocycles. The van der Waals surface area contributed by atoms with Crippen LogP contribution in [0.4, 0.5) is 0 Å². The van der Waals surface area contributed by atoms with E-state index in [2.05, 4.69) is 5.32 Å². The van der Waals surface area contributed by atoms with Gasteiger partial charge in [-0.05, 0) is 37.1 Å². The summed E-state index contributed by atoms with van der Waals surface area (Å²) >= 11 is 0. The van der Waals surface area contributed by atoms with Crippen molar-refractivity contribution in [1.29, 1.82) is 0 Å². The minimum Gasteiger partial charge on any atom is -0.496 e. The summed E-state index contributed by atoms with van der Waals surface area (Å²) in [7, 11) is 1.57. The van der Waals surface area contributed by atoms with Crippen LogP contribution < -0.4 is 10.1 Å². The Morgan fingerprint density at radius 3 is 2.53 bits per heavy atom. The second-order valence-electron chi connectivity index (χ2n) is 4.13. The van der Waals surface area contributed by atoms with E-state index >= 15 is 0 Å². The fraction of sp³-hybridized carbons (Fsp3) is 0.462. The number of benzene rings is 1. The van der Waals surface area contributed by atoms with Crippen LogP contribution in [0.3, 0.4) is 0 Å². The maximum absolute atomic E-state index is 10.8. The summed E-state index contributed by atoms with van der Waals surface area (Å²) in [5.74, 6) is 0.484. The zero-order valence-corrected chi connectivity index (χ0v) is 10.7. The number of aliphatic hydroxyl groups excluding tert-OH is 1. The van der Waals surface area contributed by atoms with Gasteiger partial charge in [0, 0.05) is 19.0 Å². The van der Waals surface area contributed by atoms with Gasteiger partial charge in [0.1, 0.15) is 5.75 Å². The van der Waals surface area contributed by atoms with Crippen LogP contribution in [0.5, 0.6) is 5.75 Å². The van der Waals surface area contributed by atoms with Crippen molar-refractivity contribution in [1.82, 2.24) is 5.32 Å². The lowest BCUT2D eigenvalue weighted by Gasteiger charge is -2.17. The minimum absolute atomic E-state index is 0.160. The molecule has 1 amide bonds. The Labute approximate surface area is 102 Å². The lowest BCUT2D eigenvalue weighted by molar-refractivity contribution is -0.119. The SMILES string of the molecule is COc1cc(C)c(C)cc1C(O)CNC(C)=O. The van der Waals surface area contributed by atoms with Crippen LogP contribution in [0.2, 0.25) is 0 Å². The molecule has 0 aliphatic carbocycles. The average Bonchev–Trinajstić information content (AvgIpc) is 2.28. The van der Waals surface area contributed by atoms with E-state index < -0.39 is 6.10 Å². The van der Waals surface area contributed by atoms with Gasteiger partial charge in [-0.1, -0.05) is 0 Å². The zero-order chi connectivity index (χ0) is 13.0. The molecule has 1 rings (SSSR count). The third kappa shape index (κ3) is 3.46. The molecule has 0 saturated heterocycles. The molecular weight excluding hydrogens is 218 g/mol. The van der Waals surface area contributed by atoms with Crippen molar-refractivity contribution in [3.05, 3.63) is 28.8 Å². The molecule has 4 nitrogen and oxygen atoms in total. The second kappa shape index (κ2) is 5.68. The highest BCUT2D eigenvalue weighted by Crippen LogP contribution is 2.28. The van der Waals surface area contributed by atoms with Crippen molar-refractivity contribution in [2.75, 3.05) is 13.7 Å². The quantitative estimate of drug-likeness (QED) is 0.834. The molecule has 1 aromatic carbocycles. The fourth-order valence-electron chi connectivity index (χ4n) is 1.60. The number of aryl methyl sites for hydroxylation is 2. The standard InChI is InChI=1S/C13H19NO3/c1-8-5-11(12(16)7-14-10(3)15)13(17-4)6-9(8)2/h5-6,12,16H,7H2,1-4H3,(H,14,15). The lowest BCUT2D eigenvalue weighted by atomic mass is 10.0. The van der Waals surface area contributed by atoms with E-state index in [1.807, 2.05) is 26.0 Å². The van der Waals surface area contributed by atoms with Gasteiger partial charge in [-0.25, -0.2) is 0 Å². The van der Waals surface area contributed by atoms with Crippen molar-refractivity contribution in [3.63, 3.8) is 0 Å². The summed E-state index contributed by atoms with van der Waals surface area (Å²) in [6.45, 7) is 5.57. The summed E-state index contributed by atoms with van der Waals surface area (Å²) in [4.78, 5) is 10.8. The number of carbonyl (C=O) groups excluding carboxylic acids is 1. The number of hydrogen-bond acceptors (Lipinski definition) is 3. The smallest absolute Gasteiger partial charge is 0.216 e. The molecule has 2 N–H and O–H groups in total. The van der Waals surface area contributed by atoms with E-state index in [9.17, 15) is 9.90 Å². The summed E-state index contributed by atoms with van der Waals surface area (Å²) in [6, 6.07) is 3.78. The van der Waals surface area contributed by atoms with E-state index in [0.717, 1.165) is 11.1 Å². The van der Waals surface area contributed by atoms with Crippen LogP contribution in [0.15, 0.2) is 12.1 Å². The third-order valence-electron chi connectivity index (χ3n) is 2.75. The van der Waals surface area contributed by atoms with E-state index in [1.165, 1.54) is 6.92 Å². The Hall–Kier alpha value is -1.55. The first-order valence-corrected chi connectivity index (χ1v) is 5.53. The van der Waals surface area contributed by atoms with E-state index in [-0.39, 0.29) is 12.5 Å². The van der Waals surface area contributed by atoms with Gasteiger partial charge in [0.2, 0.25) is 5.91 Å². The van der Waals surface area contributed by atoms with Gasteiger partial charge >= 0.3 is 0 Å². The van der Waals surface area contributed by atoms with Crippen molar-refractivity contribution >= 4 is 5.91 Å². The highest BCUT2D eigenvalue weighted by atomic mass is 16.5. The zero-order valence-electron chi connectivity index (χ0n) is 10.7. The summed E-state index contributed by atoms with van der Waals surface area (Å²) in [5.41, 5.74) is 2.89. The summed E-state index contributed by atoms with van der Waals surface area (Å²) in [5, 5.41) is 12.6. The number of amides is 1. The summed E-state index contributed by atoms with van der Waals surface area (Å²) < 4.78 is 5.24. The number of carbonyl (C=O) groups is 1. The highest BCUT2D eigenvalue weighted by Gasteiger charge is 2.14. The number of methoxy groups -OCH3 is 1. The topological polar surface area (TPSA) is 58.6 Å². The van der Waals surface area contributed by atoms with Crippen LogP contribution in [0.25, 0.3) is 0 Å². The number of hydrogen-bond donors (Lipinski definition) is 2. The molecule has 0 saturated carbocycles. The monoisotopic (exact) mass is 237 g/mol. The normalized spacial score (nSPS) is 12.1. The van der Waals surface area contributed by atoms with Gasteiger partial charge in [0.25, 0.3) is 0 Å². The average molecular weight is 237 g/mol. The van der Waals surface area contributed by atoms with Gasteiger partial charge < -0.3 is 15.2 Å². The minimum atomic E-state index is -0.756.